The second kappa shape index (κ2) is 9.92. The molecule has 0 aliphatic rings. The highest BCUT2D eigenvalue weighted by Gasteiger charge is 2.05. The average Bonchev–Trinajstić information content (AvgIpc) is 2.65. The molecule has 4 heteroatoms. The van der Waals surface area contributed by atoms with Crippen LogP contribution in [0.25, 0.3) is 0 Å². The standard InChI is InChI=1S/C16H14FNO.C7H8O/c1-12(2)16(18-14-8-4-3-5-9-14)19-15-10-6-7-13(17)11-15;1-6-2-4-7(8)5-3-6/h3-11H,1H2,2H3;2-5,8H,1H3. The second-order valence-corrected chi connectivity index (χ2v) is 5.93. The molecule has 0 unspecified atom stereocenters. The molecule has 0 aliphatic carbocycles. The zero-order chi connectivity index (χ0) is 19.6. The maximum Gasteiger partial charge on any atom is 0.222 e. The SMILES string of the molecule is C=C(C)C(=Nc1ccccc1)Oc1cccc(F)c1.Cc1ccc(O)cc1. The van der Waals surface area contributed by atoms with Crippen molar-refractivity contribution in [3.05, 3.63) is 102 Å². The largest absolute Gasteiger partial charge is 0.508 e. The first-order chi connectivity index (χ1) is 12.9. The summed E-state index contributed by atoms with van der Waals surface area (Å²) < 4.78 is 18.7. The van der Waals surface area contributed by atoms with Gasteiger partial charge in [0.1, 0.15) is 17.3 Å². The number of aliphatic imine (C=N–C) groups is 1. The molecule has 138 valence electrons. The highest BCUT2D eigenvalue weighted by atomic mass is 19.1. The summed E-state index contributed by atoms with van der Waals surface area (Å²) in [5, 5.41) is 8.76. The normalized spacial score (nSPS) is 10.6. The Morgan fingerprint density at radius 2 is 1.63 bits per heavy atom. The molecule has 0 fully saturated rings. The quantitative estimate of drug-likeness (QED) is 0.444. The fourth-order valence-corrected chi connectivity index (χ4v) is 2.01. The van der Waals surface area contributed by atoms with Gasteiger partial charge in [0.2, 0.25) is 5.90 Å². The molecule has 0 saturated carbocycles. The molecule has 0 amide bonds. The van der Waals surface area contributed by atoms with Crippen molar-refractivity contribution in [2.45, 2.75) is 13.8 Å². The number of para-hydroxylation sites is 1. The first-order valence-electron chi connectivity index (χ1n) is 8.43. The summed E-state index contributed by atoms with van der Waals surface area (Å²) in [5.41, 5.74) is 2.60. The summed E-state index contributed by atoms with van der Waals surface area (Å²) in [4.78, 5) is 4.36. The molecule has 3 rings (SSSR count). The van der Waals surface area contributed by atoms with E-state index in [0.717, 1.165) is 5.69 Å². The summed E-state index contributed by atoms with van der Waals surface area (Å²) in [5.74, 6) is 0.753. The predicted octanol–water partition coefficient (Wildman–Crippen LogP) is 6.21. The van der Waals surface area contributed by atoms with Crippen LogP contribution in [0.15, 0.2) is 96.0 Å². The van der Waals surface area contributed by atoms with Crippen LogP contribution in [-0.2, 0) is 0 Å². The minimum absolute atomic E-state index is 0.329. The van der Waals surface area contributed by atoms with Gasteiger partial charge < -0.3 is 9.84 Å². The third-order valence-electron chi connectivity index (χ3n) is 3.40. The molecule has 3 nitrogen and oxygen atoms in total. The average molecular weight is 363 g/mol. The Bertz CT molecular complexity index is 882. The molecular formula is C23H22FNO2. The van der Waals surface area contributed by atoms with Crippen LogP contribution in [0.5, 0.6) is 11.5 Å². The Labute approximate surface area is 159 Å². The van der Waals surface area contributed by atoms with Crippen molar-refractivity contribution in [1.29, 1.82) is 0 Å². The summed E-state index contributed by atoms with van der Waals surface area (Å²) in [6.45, 7) is 7.60. The van der Waals surface area contributed by atoms with E-state index >= 15 is 0 Å². The van der Waals surface area contributed by atoms with Crippen LogP contribution in [0.2, 0.25) is 0 Å². The van der Waals surface area contributed by atoms with Crippen molar-refractivity contribution in [2.75, 3.05) is 0 Å². The monoisotopic (exact) mass is 363 g/mol. The molecule has 0 spiro atoms. The number of benzene rings is 3. The first kappa shape index (κ1) is 19.9. The lowest BCUT2D eigenvalue weighted by atomic mass is 10.2. The van der Waals surface area contributed by atoms with Gasteiger partial charge in [-0.05, 0) is 50.2 Å². The van der Waals surface area contributed by atoms with E-state index in [9.17, 15) is 4.39 Å². The Balaban J connectivity index is 0.000000273. The molecule has 0 heterocycles. The van der Waals surface area contributed by atoms with Crippen molar-refractivity contribution in [3.63, 3.8) is 0 Å². The number of phenolic OH excluding ortho intramolecular Hbond substituents is 1. The Morgan fingerprint density at radius 3 is 2.19 bits per heavy atom. The van der Waals surface area contributed by atoms with Gasteiger partial charge in [0.25, 0.3) is 0 Å². The zero-order valence-corrected chi connectivity index (χ0v) is 15.4. The maximum atomic E-state index is 13.1. The number of ether oxygens (including phenoxy) is 1. The number of halogens is 1. The van der Waals surface area contributed by atoms with E-state index in [1.807, 2.05) is 49.4 Å². The number of hydrogen-bond donors (Lipinski definition) is 1. The molecule has 0 saturated heterocycles. The Morgan fingerprint density at radius 1 is 0.963 bits per heavy atom. The summed E-state index contributed by atoms with van der Waals surface area (Å²) >= 11 is 0. The van der Waals surface area contributed by atoms with Crippen molar-refractivity contribution in [1.82, 2.24) is 0 Å². The third kappa shape index (κ3) is 7.16. The van der Waals surface area contributed by atoms with Crippen LogP contribution < -0.4 is 4.74 Å². The van der Waals surface area contributed by atoms with Crippen molar-refractivity contribution < 1.29 is 14.2 Å². The number of aromatic hydroxyl groups is 1. The summed E-state index contributed by atoms with van der Waals surface area (Å²) in [7, 11) is 0. The van der Waals surface area contributed by atoms with Gasteiger partial charge in [-0.1, -0.05) is 48.5 Å². The smallest absolute Gasteiger partial charge is 0.222 e. The fourth-order valence-electron chi connectivity index (χ4n) is 2.01. The molecule has 1 N–H and O–H groups in total. The van der Waals surface area contributed by atoms with Crippen LogP contribution in [0, 0.1) is 12.7 Å². The highest BCUT2D eigenvalue weighted by Crippen LogP contribution is 2.17. The molecule has 3 aromatic carbocycles. The van der Waals surface area contributed by atoms with Gasteiger partial charge in [-0.25, -0.2) is 9.38 Å². The van der Waals surface area contributed by atoms with E-state index in [2.05, 4.69) is 11.6 Å². The zero-order valence-electron chi connectivity index (χ0n) is 15.4. The lowest BCUT2D eigenvalue weighted by Gasteiger charge is -2.08. The molecule has 0 aromatic heterocycles. The Hall–Kier alpha value is -3.40. The number of phenols is 1. The summed E-state index contributed by atoms with van der Waals surface area (Å²) in [6, 6.07) is 22.4. The molecule has 27 heavy (non-hydrogen) atoms. The van der Waals surface area contributed by atoms with Gasteiger partial charge in [-0.15, -0.1) is 0 Å². The number of aryl methyl sites for hydroxylation is 1. The van der Waals surface area contributed by atoms with Gasteiger partial charge in [-0.3, -0.25) is 0 Å². The lowest BCUT2D eigenvalue weighted by molar-refractivity contribution is 0.475. The van der Waals surface area contributed by atoms with Crippen LogP contribution in [-0.4, -0.2) is 11.0 Å². The number of rotatable bonds is 3. The summed E-state index contributed by atoms with van der Waals surface area (Å²) in [6.07, 6.45) is 0. The van der Waals surface area contributed by atoms with Crippen LogP contribution >= 0.6 is 0 Å². The van der Waals surface area contributed by atoms with Crippen LogP contribution in [0.1, 0.15) is 12.5 Å². The molecule has 0 aliphatic heterocycles. The number of nitrogens with zero attached hydrogens (tertiary/aromatic N) is 1. The van der Waals surface area contributed by atoms with E-state index in [1.54, 1.807) is 31.2 Å². The highest BCUT2D eigenvalue weighted by molar-refractivity contribution is 5.95. The molecule has 0 bridgehead atoms. The first-order valence-corrected chi connectivity index (χ1v) is 8.43. The molecule has 0 atom stereocenters. The molecule has 0 radical (unpaired) electrons. The minimum atomic E-state index is -0.349. The van der Waals surface area contributed by atoms with E-state index in [-0.39, 0.29) is 5.82 Å². The van der Waals surface area contributed by atoms with E-state index in [4.69, 9.17) is 9.84 Å². The molecule has 3 aromatic rings. The van der Waals surface area contributed by atoms with Crippen molar-refractivity contribution in [2.24, 2.45) is 4.99 Å². The number of hydrogen-bond acceptors (Lipinski definition) is 3. The van der Waals surface area contributed by atoms with Crippen molar-refractivity contribution >= 4 is 11.6 Å². The topological polar surface area (TPSA) is 41.8 Å². The maximum absolute atomic E-state index is 13.1. The van der Waals surface area contributed by atoms with Gasteiger partial charge in [0, 0.05) is 11.6 Å². The predicted molar refractivity (Wildman–Crippen MR) is 108 cm³/mol. The van der Waals surface area contributed by atoms with Gasteiger partial charge >= 0.3 is 0 Å². The van der Waals surface area contributed by atoms with E-state index < -0.39 is 0 Å². The van der Waals surface area contributed by atoms with Crippen LogP contribution in [0.3, 0.4) is 0 Å². The Kier molecular flexibility index (Phi) is 7.32. The fraction of sp³-hybridized carbons (Fsp3) is 0.0870. The van der Waals surface area contributed by atoms with Gasteiger partial charge in [-0.2, -0.15) is 0 Å². The third-order valence-corrected chi connectivity index (χ3v) is 3.40. The minimum Gasteiger partial charge on any atom is -0.508 e. The van der Waals surface area contributed by atoms with E-state index in [0.29, 0.717) is 23.0 Å². The van der Waals surface area contributed by atoms with Gasteiger partial charge in [0.15, 0.2) is 0 Å². The van der Waals surface area contributed by atoms with Crippen LogP contribution in [0.4, 0.5) is 10.1 Å². The van der Waals surface area contributed by atoms with Gasteiger partial charge in [0.05, 0.1) is 5.69 Å². The van der Waals surface area contributed by atoms with E-state index in [1.165, 1.54) is 17.7 Å². The second-order valence-electron chi connectivity index (χ2n) is 5.93. The lowest BCUT2D eigenvalue weighted by Crippen LogP contribution is -2.09. The molecular weight excluding hydrogens is 341 g/mol. The van der Waals surface area contributed by atoms with Crippen molar-refractivity contribution in [3.8, 4) is 11.5 Å².